The highest BCUT2D eigenvalue weighted by Crippen LogP contribution is 2.24. The summed E-state index contributed by atoms with van der Waals surface area (Å²) in [6, 6.07) is 14.8. The lowest BCUT2D eigenvalue weighted by molar-refractivity contribution is 0.104. The monoisotopic (exact) mass is 346 g/mol. The summed E-state index contributed by atoms with van der Waals surface area (Å²) >= 11 is 0. The largest absolute Gasteiger partial charge is 0.496 e. The van der Waals surface area contributed by atoms with Crippen LogP contribution in [0.5, 0.6) is 5.75 Å². The van der Waals surface area contributed by atoms with E-state index in [2.05, 4.69) is 11.0 Å². The molecule has 0 aliphatic carbocycles. The van der Waals surface area contributed by atoms with Gasteiger partial charge in [-0.1, -0.05) is 18.2 Å². The molecule has 1 saturated heterocycles. The Morgan fingerprint density at radius 2 is 1.92 bits per heavy atom. The van der Waals surface area contributed by atoms with Crippen molar-refractivity contribution in [2.45, 2.75) is 19.4 Å². The van der Waals surface area contributed by atoms with Gasteiger partial charge in [0.25, 0.3) is 0 Å². The zero-order chi connectivity index (χ0) is 18.4. The van der Waals surface area contributed by atoms with Crippen molar-refractivity contribution in [3.63, 3.8) is 0 Å². The third-order valence-corrected chi connectivity index (χ3v) is 4.62. The van der Waals surface area contributed by atoms with E-state index in [0.717, 1.165) is 36.5 Å². The summed E-state index contributed by atoms with van der Waals surface area (Å²) in [5.41, 5.74) is 3.20. The van der Waals surface area contributed by atoms with Crippen molar-refractivity contribution < 1.29 is 9.53 Å². The molecule has 0 atom stereocenters. The molecule has 0 spiro atoms. The third-order valence-electron chi connectivity index (χ3n) is 4.62. The van der Waals surface area contributed by atoms with Crippen LogP contribution in [0.15, 0.2) is 48.5 Å². The minimum absolute atomic E-state index is 0.0420. The Labute approximate surface area is 154 Å². The fourth-order valence-corrected chi connectivity index (χ4v) is 3.17. The number of carbonyl (C=O) groups is 1. The first-order chi connectivity index (χ1) is 12.7. The molecule has 0 N–H and O–H groups in total. The highest BCUT2D eigenvalue weighted by atomic mass is 16.5. The molecule has 2 aromatic rings. The Balaban J connectivity index is 1.75. The van der Waals surface area contributed by atoms with E-state index in [0.29, 0.717) is 11.1 Å². The second kappa shape index (κ2) is 8.46. The van der Waals surface area contributed by atoms with Crippen LogP contribution in [0.2, 0.25) is 0 Å². The van der Waals surface area contributed by atoms with Crippen LogP contribution < -0.4 is 4.74 Å². The van der Waals surface area contributed by atoms with E-state index in [1.807, 2.05) is 24.3 Å². The number of ether oxygens (including phenoxy) is 1. The molecule has 0 amide bonds. The van der Waals surface area contributed by atoms with Crippen molar-refractivity contribution in [3.8, 4) is 11.8 Å². The number of methoxy groups -OCH3 is 1. The van der Waals surface area contributed by atoms with Gasteiger partial charge in [-0.15, -0.1) is 0 Å². The number of ketones is 1. The Kier molecular flexibility index (Phi) is 5.83. The molecule has 3 rings (SSSR count). The predicted molar refractivity (Wildman–Crippen MR) is 102 cm³/mol. The molecular weight excluding hydrogens is 324 g/mol. The second-order valence-electron chi connectivity index (χ2n) is 6.44. The highest BCUT2D eigenvalue weighted by Gasteiger charge is 2.15. The van der Waals surface area contributed by atoms with Gasteiger partial charge in [-0.3, -0.25) is 9.69 Å². The minimum atomic E-state index is -0.0420. The van der Waals surface area contributed by atoms with Crippen molar-refractivity contribution in [2.24, 2.45) is 0 Å². The predicted octanol–water partition coefficient (Wildman–Crippen LogP) is 4.06. The first-order valence-corrected chi connectivity index (χ1v) is 8.81. The molecule has 1 aliphatic heterocycles. The fraction of sp³-hybridized carbons (Fsp3) is 0.273. The van der Waals surface area contributed by atoms with Crippen LogP contribution in [0.4, 0.5) is 0 Å². The van der Waals surface area contributed by atoms with E-state index in [-0.39, 0.29) is 5.78 Å². The summed E-state index contributed by atoms with van der Waals surface area (Å²) in [7, 11) is 1.66. The summed E-state index contributed by atoms with van der Waals surface area (Å²) in [6.07, 6.45) is 5.80. The van der Waals surface area contributed by atoms with E-state index in [4.69, 9.17) is 10.00 Å². The van der Waals surface area contributed by atoms with Crippen LogP contribution in [0.1, 0.15) is 39.9 Å². The standard InChI is InChI=1S/C22H22N2O2/c1-26-22-11-9-19(14-20(22)16-24-12-2-3-13-24)21(25)10-8-17-4-6-18(15-23)7-5-17/h4-11,14H,2-3,12-13,16H2,1H3/b10-8+. The van der Waals surface area contributed by atoms with Gasteiger partial charge in [0.1, 0.15) is 5.75 Å². The van der Waals surface area contributed by atoms with Crippen LogP contribution in [0.25, 0.3) is 6.08 Å². The number of rotatable bonds is 6. The molecule has 132 valence electrons. The smallest absolute Gasteiger partial charge is 0.185 e. The van der Waals surface area contributed by atoms with E-state index < -0.39 is 0 Å². The van der Waals surface area contributed by atoms with Gasteiger partial charge in [0.2, 0.25) is 0 Å². The molecule has 1 aliphatic rings. The SMILES string of the molecule is COc1ccc(C(=O)/C=C/c2ccc(C#N)cc2)cc1CN1CCCC1. The Morgan fingerprint density at radius 3 is 2.58 bits per heavy atom. The maximum Gasteiger partial charge on any atom is 0.185 e. The molecule has 0 aromatic heterocycles. The molecule has 2 aromatic carbocycles. The summed E-state index contributed by atoms with van der Waals surface area (Å²) in [4.78, 5) is 14.9. The van der Waals surface area contributed by atoms with E-state index in [1.165, 1.54) is 12.8 Å². The molecule has 0 radical (unpaired) electrons. The van der Waals surface area contributed by atoms with Crippen LogP contribution in [0, 0.1) is 11.3 Å². The summed E-state index contributed by atoms with van der Waals surface area (Å²) in [6.45, 7) is 3.00. The molecule has 0 bridgehead atoms. The van der Waals surface area contributed by atoms with Gasteiger partial charge in [0.05, 0.1) is 18.7 Å². The van der Waals surface area contributed by atoms with Crippen LogP contribution in [0.3, 0.4) is 0 Å². The van der Waals surface area contributed by atoms with Crippen molar-refractivity contribution >= 4 is 11.9 Å². The van der Waals surface area contributed by atoms with Gasteiger partial charge in [-0.25, -0.2) is 0 Å². The maximum atomic E-state index is 12.5. The van der Waals surface area contributed by atoms with Gasteiger partial charge in [0.15, 0.2) is 5.78 Å². The molecule has 4 heteroatoms. The third kappa shape index (κ3) is 4.38. The average Bonchev–Trinajstić information content (AvgIpc) is 3.19. The number of hydrogen-bond donors (Lipinski definition) is 0. The normalized spacial score (nSPS) is 14.5. The number of likely N-dealkylation sites (tertiary alicyclic amines) is 1. The zero-order valence-electron chi connectivity index (χ0n) is 14.9. The van der Waals surface area contributed by atoms with Gasteiger partial charge in [-0.05, 0) is 67.9 Å². The molecular formula is C22H22N2O2. The van der Waals surface area contributed by atoms with E-state index in [1.54, 1.807) is 37.5 Å². The number of allylic oxidation sites excluding steroid dienone is 1. The number of hydrogen-bond acceptors (Lipinski definition) is 4. The van der Waals surface area contributed by atoms with Gasteiger partial charge in [0, 0.05) is 17.7 Å². The maximum absolute atomic E-state index is 12.5. The summed E-state index contributed by atoms with van der Waals surface area (Å²) < 4.78 is 5.46. The Morgan fingerprint density at radius 1 is 1.19 bits per heavy atom. The topological polar surface area (TPSA) is 53.3 Å². The summed E-state index contributed by atoms with van der Waals surface area (Å²) in [5.74, 6) is 0.782. The first-order valence-electron chi connectivity index (χ1n) is 8.81. The van der Waals surface area contributed by atoms with Crippen molar-refractivity contribution in [1.82, 2.24) is 4.90 Å². The Bertz CT molecular complexity index is 841. The molecule has 1 fully saturated rings. The minimum Gasteiger partial charge on any atom is -0.496 e. The van der Waals surface area contributed by atoms with Crippen LogP contribution in [-0.2, 0) is 6.54 Å². The number of nitriles is 1. The number of benzene rings is 2. The lowest BCUT2D eigenvalue weighted by Gasteiger charge is -2.17. The van der Waals surface area contributed by atoms with Crippen LogP contribution >= 0.6 is 0 Å². The number of nitrogens with zero attached hydrogens (tertiary/aromatic N) is 2. The molecule has 4 nitrogen and oxygen atoms in total. The van der Waals surface area contributed by atoms with E-state index >= 15 is 0 Å². The average molecular weight is 346 g/mol. The lowest BCUT2D eigenvalue weighted by Crippen LogP contribution is -2.19. The highest BCUT2D eigenvalue weighted by molar-refractivity contribution is 6.07. The fourth-order valence-electron chi connectivity index (χ4n) is 3.17. The van der Waals surface area contributed by atoms with Crippen molar-refractivity contribution in [1.29, 1.82) is 5.26 Å². The number of carbonyl (C=O) groups excluding carboxylic acids is 1. The zero-order valence-corrected chi connectivity index (χ0v) is 14.9. The van der Waals surface area contributed by atoms with Crippen LogP contribution in [-0.4, -0.2) is 30.9 Å². The molecule has 1 heterocycles. The summed E-state index contributed by atoms with van der Waals surface area (Å²) in [5, 5.41) is 8.83. The second-order valence-corrected chi connectivity index (χ2v) is 6.44. The molecule has 26 heavy (non-hydrogen) atoms. The van der Waals surface area contributed by atoms with Gasteiger partial charge < -0.3 is 4.74 Å². The van der Waals surface area contributed by atoms with Crippen molar-refractivity contribution in [2.75, 3.05) is 20.2 Å². The quantitative estimate of drug-likeness (QED) is 0.585. The Hall–Kier alpha value is -2.90. The van der Waals surface area contributed by atoms with Crippen molar-refractivity contribution in [3.05, 3.63) is 70.8 Å². The molecule has 0 saturated carbocycles. The first kappa shape index (κ1) is 17.9. The van der Waals surface area contributed by atoms with E-state index in [9.17, 15) is 4.79 Å². The van der Waals surface area contributed by atoms with Gasteiger partial charge in [-0.2, -0.15) is 5.26 Å². The molecule has 0 unspecified atom stereocenters. The van der Waals surface area contributed by atoms with Gasteiger partial charge >= 0.3 is 0 Å². The lowest BCUT2D eigenvalue weighted by atomic mass is 10.0.